The second kappa shape index (κ2) is 8.30. The molecule has 0 saturated carbocycles. The van der Waals surface area contributed by atoms with Gasteiger partial charge in [0.1, 0.15) is 11.4 Å². The van der Waals surface area contributed by atoms with E-state index in [0.29, 0.717) is 17.5 Å². The summed E-state index contributed by atoms with van der Waals surface area (Å²) in [6, 6.07) is 5.77. The van der Waals surface area contributed by atoms with Gasteiger partial charge in [-0.2, -0.15) is 4.68 Å². The van der Waals surface area contributed by atoms with E-state index in [0.717, 1.165) is 30.7 Å². The van der Waals surface area contributed by atoms with E-state index in [2.05, 4.69) is 20.8 Å². The molecule has 1 N–H and O–H groups in total. The van der Waals surface area contributed by atoms with Crippen molar-refractivity contribution in [3.8, 4) is 11.4 Å². The highest BCUT2D eigenvalue weighted by Crippen LogP contribution is 2.26. The van der Waals surface area contributed by atoms with Gasteiger partial charge in [-0.05, 0) is 47.9 Å². The van der Waals surface area contributed by atoms with Crippen molar-refractivity contribution in [2.24, 2.45) is 0 Å². The number of tetrazole rings is 1. The summed E-state index contributed by atoms with van der Waals surface area (Å²) in [5.41, 5.74) is 1.81. The molecule has 1 aliphatic rings. The van der Waals surface area contributed by atoms with Crippen LogP contribution >= 0.6 is 11.8 Å². The molecule has 0 spiro atoms. The van der Waals surface area contributed by atoms with Gasteiger partial charge in [-0.1, -0.05) is 17.8 Å². The minimum atomic E-state index is -0.0637. The molecule has 1 atom stereocenters. The summed E-state index contributed by atoms with van der Waals surface area (Å²) in [5.74, 6) is 0.843. The van der Waals surface area contributed by atoms with Crippen molar-refractivity contribution in [2.45, 2.75) is 31.0 Å². The van der Waals surface area contributed by atoms with Gasteiger partial charge in [0.2, 0.25) is 11.1 Å². The van der Waals surface area contributed by atoms with Crippen LogP contribution in [0, 0.1) is 6.92 Å². The van der Waals surface area contributed by atoms with Crippen molar-refractivity contribution in [1.82, 2.24) is 25.5 Å². The average Bonchev–Trinajstić information content (AvgIpc) is 3.29. The molecule has 1 aliphatic heterocycles. The molecule has 0 unspecified atom stereocenters. The topological polar surface area (TPSA) is 91.2 Å². The monoisotopic (exact) mass is 363 g/mol. The smallest absolute Gasteiger partial charge is 0.230 e. The van der Waals surface area contributed by atoms with Gasteiger partial charge in [0.25, 0.3) is 0 Å². The Balaban J connectivity index is 1.62. The Kier molecular flexibility index (Phi) is 5.87. The number of methoxy groups -OCH3 is 1. The fraction of sp³-hybridized carbons (Fsp3) is 0.500. The number of rotatable bonds is 7. The van der Waals surface area contributed by atoms with Crippen molar-refractivity contribution in [2.75, 3.05) is 26.0 Å². The highest BCUT2D eigenvalue weighted by atomic mass is 32.2. The van der Waals surface area contributed by atoms with Gasteiger partial charge in [-0.3, -0.25) is 4.79 Å². The zero-order chi connectivity index (χ0) is 17.6. The molecule has 1 saturated heterocycles. The molecular weight excluding hydrogens is 342 g/mol. The molecule has 9 heteroatoms. The van der Waals surface area contributed by atoms with E-state index in [1.807, 2.05) is 25.1 Å². The molecule has 8 nitrogen and oxygen atoms in total. The van der Waals surface area contributed by atoms with Crippen LogP contribution in [0.4, 0.5) is 0 Å². The zero-order valence-electron chi connectivity index (χ0n) is 14.3. The van der Waals surface area contributed by atoms with Crippen molar-refractivity contribution in [3.63, 3.8) is 0 Å². The Morgan fingerprint density at radius 1 is 1.52 bits per heavy atom. The number of aromatic nitrogens is 4. The highest BCUT2D eigenvalue weighted by Gasteiger charge is 2.18. The van der Waals surface area contributed by atoms with Gasteiger partial charge in [0.15, 0.2) is 0 Å². The number of thioether (sulfide) groups is 1. The molecule has 0 bridgehead atoms. The first-order valence-electron chi connectivity index (χ1n) is 8.12. The summed E-state index contributed by atoms with van der Waals surface area (Å²) in [6.07, 6.45) is 2.19. The van der Waals surface area contributed by atoms with E-state index < -0.39 is 0 Å². The van der Waals surface area contributed by atoms with E-state index in [4.69, 9.17) is 9.47 Å². The van der Waals surface area contributed by atoms with E-state index in [1.165, 1.54) is 11.8 Å². The summed E-state index contributed by atoms with van der Waals surface area (Å²) in [5, 5.41) is 15.2. The maximum Gasteiger partial charge on any atom is 0.230 e. The van der Waals surface area contributed by atoms with E-state index in [9.17, 15) is 4.79 Å². The predicted octanol–water partition coefficient (Wildman–Crippen LogP) is 1.37. The second-order valence-electron chi connectivity index (χ2n) is 5.78. The van der Waals surface area contributed by atoms with Crippen LogP contribution < -0.4 is 10.1 Å². The number of nitrogens with one attached hydrogen (secondary N) is 1. The molecule has 1 aromatic carbocycles. The quantitative estimate of drug-likeness (QED) is 0.743. The van der Waals surface area contributed by atoms with Crippen molar-refractivity contribution >= 4 is 17.7 Å². The molecule has 0 aliphatic carbocycles. The van der Waals surface area contributed by atoms with Crippen LogP contribution in [0.3, 0.4) is 0 Å². The van der Waals surface area contributed by atoms with Gasteiger partial charge in [0, 0.05) is 13.2 Å². The molecule has 1 aromatic heterocycles. The van der Waals surface area contributed by atoms with Crippen molar-refractivity contribution in [1.29, 1.82) is 0 Å². The predicted molar refractivity (Wildman–Crippen MR) is 93.2 cm³/mol. The number of carbonyl (C=O) groups excluding carboxylic acids is 1. The molecule has 2 heterocycles. The number of hydrogen-bond donors (Lipinski definition) is 1. The van der Waals surface area contributed by atoms with Crippen LogP contribution in [-0.2, 0) is 9.53 Å². The second-order valence-corrected chi connectivity index (χ2v) is 6.72. The maximum atomic E-state index is 12.0. The Bertz CT molecular complexity index is 730. The SMILES string of the molecule is COc1ccc(C)cc1-n1nnnc1SCC(=O)NC[C@@H]1CCCO1. The minimum Gasteiger partial charge on any atom is -0.494 e. The third-order valence-corrected chi connectivity index (χ3v) is 4.81. The normalized spacial score (nSPS) is 16.8. The van der Waals surface area contributed by atoms with Crippen LogP contribution in [0.2, 0.25) is 0 Å². The van der Waals surface area contributed by atoms with Crippen molar-refractivity contribution < 1.29 is 14.3 Å². The first kappa shape index (κ1) is 17.7. The van der Waals surface area contributed by atoms with E-state index in [-0.39, 0.29) is 17.8 Å². The van der Waals surface area contributed by atoms with Crippen LogP contribution in [0.25, 0.3) is 5.69 Å². The third-order valence-electron chi connectivity index (χ3n) is 3.89. The lowest BCUT2D eigenvalue weighted by molar-refractivity contribution is -0.119. The summed E-state index contributed by atoms with van der Waals surface area (Å²) < 4.78 is 12.5. The number of nitrogens with zero attached hydrogens (tertiary/aromatic N) is 4. The number of ether oxygens (including phenoxy) is 2. The van der Waals surface area contributed by atoms with Crippen LogP contribution in [0.15, 0.2) is 23.4 Å². The first-order valence-corrected chi connectivity index (χ1v) is 9.10. The number of hydrogen-bond acceptors (Lipinski definition) is 7. The Morgan fingerprint density at radius 2 is 2.40 bits per heavy atom. The van der Waals surface area contributed by atoms with E-state index >= 15 is 0 Å². The van der Waals surface area contributed by atoms with Crippen LogP contribution in [0.1, 0.15) is 18.4 Å². The summed E-state index contributed by atoms with van der Waals surface area (Å²) in [6.45, 7) is 3.32. The summed E-state index contributed by atoms with van der Waals surface area (Å²) >= 11 is 1.28. The molecule has 3 rings (SSSR count). The molecular formula is C16H21N5O3S. The van der Waals surface area contributed by atoms with Gasteiger partial charge in [-0.25, -0.2) is 0 Å². The molecule has 1 amide bonds. The van der Waals surface area contributed by atoms with Crippen molar-refractivity contribution in [3.05, 3.63) is 23.8 Å². The van der Waals surface area contributed by atoms with Gasteiger partial charge in [-0.15, -0.1) is 5.10 Å². The summed E-state index contributed by atoms with van der Waals surface area (Å²) in [7, 11) is 1.60. The standard InChI is InChI=1S/C16H21N5O3S/c1-11-5-6-14(23-2)13(8-11)21-16(18-19-20-21)25-10-15(22)17-9-12-4-3-7-24-12/h5-6,8,12H,3-4,7,9-10H2,1-2H3,(H,17,22)/t12-/m0/s1. The largest absolute Gasteiger partial charge is 0.494 e. The molecule has 25 heavy (non-hydrogen) atoms. The number of carbonyl (C=O) groups is 1. The fourth-order valence-corrected chi connectivity index (χ4v) is 3.31. The molecule has 134 valence electrons. The lowest BCUT2D eigenvalue weighted by Crippen LogP contribution is -2.32. The maximum absolute atomic E-state index is 12.0. The lowest BCUT2D eigenvalue weighted by Gasteiger charge is -2.11. The molecule has 0 radical (unpaired) electrons. The number of aryl methyl sites for hydroxylation is 1. The Labute approximate surface area is 150 Å². The Morgan fingerprint density at radius 3 is 3.16 bits per heavy atom. The third kappa shape index (κ3) is 4.49. The lowest BCUT2D eigenvalue weighted by atomic mass is 10.2. The number of benzene rings is 1. The molecule has 2 aromatic rings. The molecule has 1 fully saturated rings. The fourth-order valence-electron chi connectivity index (χ4n) is 2.60. The minimum absolute atomic E-state index is 0.0637. The van der Waals surface area contributed by atoms with Crippen LogP contribution in [-0.4, -0.2) is 58.2 Å². The number of amides is 1. The van der Waals surface area contributed by atoms with Gasteiger partial charge >= 0.3 is 0 Å². The van der Waals surface area contributed by atoms with E-state index in [1.54, 1.807) is 11.8 Å². The highest BCUT2D eigenvalue weighted by molar-refractivity contribution is 7.99. The first-order chi connectivity index (χ1) is 12.2. The Hall–Kier alpha value is -2.13. The van der Waals surface area contributed by atoms with Crippen LogP contribution in [0.5, 0.6) is 5.75 Å². The average molecular weight is 363 g/mol. The zero-order valence-corrected chi connectivity index (χ0v) is 15.1. The van der Waals surface area contributed by atoms with Gasteiger partial charge in [0.05, 0.1) is 19.0 Å². The van der Waals surface area contributed by atoms with Gasteiger partial charge < -0.3 is 14.8 Å². The summed E-state index contributed by atoms with van der Waals surface area (Å²) in [4.78, 5) is 12.0.